The summed E-state index contributed by atoms with van der Waals surface area (Å²) in [7, 11) is 0. The fourth-order valence-corrected chi connectivity index (χ4v) is 2.36. The molecule has 4 nitrogen and oxygen atoms in total. The van der Waals surface area contributed by atoms with E-state index in [1.54, 1.807) is 18.3 Å². The number of hydrogen-bond acceptors (Lipinski definition) is 3. The number of para-hydroxylation sites is 2. The summed E-state index contributed by atoms with van der Waals surface area (Å²) < 4.78 is 10.7. The Morgan fingerprint density at radius 3 is 2.68 bits per heavy atom. The van der Waals surface area contributed by atoms with Crippen LogP contribution in [0.5, 0.6) is 5.75 Å². The van der Waals surface area contributed by atoms with Crippen molar-refractivity contribution in [1.82, 2.24) is 4.98 Å². The molecule has 1 heterocycles. The Balaban J connectivity index is 1.56. The quantitative estimate of drug-likeness (QED) is 0.570. The molecule has 0 unspecified atom stereocenters. The average molecular weight is 316 g/mol. The first-order valence-electron chi connectivity index (χ1n) is 6.86. The van der Waals surface area contributed by atoms with E-state index in [0.29, 0.717) is 16.3 Å². The lowest BCUT2D eigenvalue weighted by molar-refractivity contribution is 0.0453. The predicted octanol–water partition coefficient (Wildman–Crippen LogP) is 4.06. The third-order valence-corrected chi connectivity index (χ3v) is 3.53. The van der Waals surface area contributed by atoms with Crippen LogP contribution in [0, 0.1) is 0 Å². The highest BCUT2D eigenvalue weighted by atomic mass is 35.5. The zero-order valence-corrected chi connectivity index (χ0v) is 12.5. The Kier molecular flexibility index (Phi) is 4.30. The second-order valence-electron chi connectivity index (χ2n) is 4.66. The van der Waals surface area contributed by atoms with Crippen molar-refractivity contribution in [2.24, 2.45) is 0 Å². The number of aromatic amines is 1. The SMILES string of the molecule is O=C(OCCOc1ccccc1Cl)c1c[nH]c2ccccc12. The summed E-state index contributed by atoms with van der Waals surface area (Å²) in [5, 5.41) is 1.38. The van der Waals surface area contributed by atoms with Gasteiger partial charge in [0.25, 0.3) is 0 Å². The molecule has 112 valence electrons. The summed E-state index contributed by atoms with van der Waals surface area (Å²) in [6, 6.07) is 14.7. The van der Waals surface area contributed by atoms with Crippen LogP contribution in [0.25, 0.3) is 10.9 Å². The molecule has 3 aromatic rings. The van der Waals surface area contributed by atoms with Crippen molar-refractivity contribution in [2.75, 3.05) is 13.2 Å². The maximum absolute atomic E-state index is 12.1. The van der Waals surface area contributed by atoms with Crippen molar-refractivity contribution in [1.29, 1.82) is 0 Å². The lowest BCUT2D eigenvalue weighted by Crippen LogP contribution is -2.12. The van der Waals surface area contributed by atoms with Crippen molar-refractivity contribution in [3.05, 3.63) is 65.3 Å². The van der Waals surface area contributed by atoms with Crippen LogP contribution in [0.3, 0.4) is 0 Å². The molecule has 0 atom stereocenters. The maximum atomic E-state index is 12.1. The Morgan fingerprint density at radius 2 is 1.82 bits per heavy atom. The lowest BCUT2D eigenvalue weighted by atomic mass is 10.2. The highest BCUT2D eigenvalue weighted by Crippen LogP contribution is 2.23. The summed E-state index contributed by atoms with van der Waals surface area (Å²) in [5.74, 6) is 0.201. The Hall–Kier alpha value is -2.46. The van der Waals surface area contributed by atoms with Gasteiger partial charge in [-0.15, -0.1) is 0 Å². The van der Waals surface area contributed by atoms with Crippen molar-refractivity contribution in [2.45, 2.75) is 0 Å². The van der Waals surface area contributed by atoms with E-state index in [1.165, 1.54) is 0 Å². The molecule has 0 aliphatic rings. The fraction of sp³-hybridized carbons (Fsp3) is 0.118. The molecular weight excluding hydrogens is 302 g/mol. The normalized spacial score (nSPS) is 10.6. The molecule has 1 aromatic heterocycles. The molecule has 0 radical (unpaired) electrons. The predicted molar refractivity (Wildman–Crippen MR) is 85.5 cm³/mol. The number of ether oxygens (including phenoxy) is 2. The molecule has 1 N–H and O–H groups in total. The molecule has 0 amide bonds. The van der Waals surface area contributed by atoms with Crippen LogP contribution in [0.2, 0.25) is 5.02 Å². The van der Waals surface area contributed by atoms with E-state index in [2.05, 4.69) is 4.98 Å². The largest absolute Gasteiger partial charge is 0.488 e. The Labute approximate surface area is 132 Å². The first kappa shape index (κ1) is 14.5. The first-order chi connectivity index (χ1) is 10.8. The minimum atomic E-state index is -0.375. The Morgan fingerprint density at radius 1 is 1.05 bits per heavy atom. The van der Waals surface area contributed by atoms with Gasteiger partial charge in [-0.05, 0) is 18.2 Å². The van der Waals surface area contributed by atoms with E-state index in [4.69, 9.17) is 21.1 Å². The molecule has 0 fully saturated rings. The number of benzene rings is 2. The molecular formula is C17H14ClNO3. The van der Waals surface area contributed by atoms with Gasteiger partial charge in [-0.3, -0.25) is 0 Å². The minimum absolute atomic E-state index is 0.156. The van der Waals surface area contributed by atoms with Crippen LogP contribution >= 0.6 is 11.6 Å². The molecule has 0 bridgehead atoms. The number of nitrogens with one attached hydrogen (secondary N) is 1. The molecule has 3 rings (SSSR count). The van der Waals surface area contributed by atoms with E-state index in [9.17, 15) is 4.79 Å². The topological polar surface area (TPSA) is 51.3 Å². The zero-order chi connectivity index (χ0) is 15.4. The number of H-pyrrole nitrogens is 1. The van der Waals surface area contributed by atoms with Crippen LogP contribution in [-0.2, 0) is 4.74 Å². The van der Waals surface area contributed by atoms with E-state index in [1.807, 2.05) is 36.4 Å². The van der Waals surface area contributed by atoms with E-state index >= 15 is 0 Å². The minimum Gasteiger partial charge on any atom is -0.488 e. The Bertz CT molecular complexity index is 797. The summed E-state index contributed by atoms with van der Waals surface area (Å²) in [6.07, 6.45) is 1.65. The number of fused-ring (bicyclic) bond motifs is 1. The van der Waals surface area contributed by atoms with Gasteiger partial charge in [0.15, 0.2) is 0 Å². The van der Waals surface area contributed by atoms with Gasteiger partial charge in [-0.2, -0.15) is 0 Å². The second kappa shape index (κ2) is 6.54. The third kappa shape index (κ3) is 3.07. The van der Waals surface area contributed by atoms with Crippen LogP contribution in [0.1, 0.15) is 10.4 Å². The van der Waals surface area contributed by atoms with E-state index in [0.717, 1.165) is 10.9 Å². The second-order valence-corrected chi connectivity index (χ2v) is 5.07. The molecule has 0 saturated carbocycles. The zero-order valence-electron chi connectivity index (χ0n) is 11.7. The molecule has 0 aliphatic carbocycles. The number of esters is 1. The number of rotatable bonds is 5. The van der Waals surface area contributed by atoms with Gasteiger partial charge in [-0.1, -0.05) is 41.9 Å². The van der Waals surface area contributed by atoms with Crippen LogP contribution in [0.15, 0.2) is 54.7 Å². The van der Waals surface area contributed by atoms with Crippen molar-refractivity contribution in [3.8, 4) is 5.75 Å². The average Bonchev–Trinajstić information content (AvgIpc) is 2.97. The standard InChI is InChI=1S/C17H14ClNO3/c18-14-6-2-4-8-16(14)21-9-10-22-17(20)13-11-19-15-7-3-1-5-12(13)15/h1-8,11,19H,9-10H2. The smallest absolute Gasteiger partial charge is 0.340 e. The van der Waals surface area contributed by atoms with Crippen molar-refractivity contribution < 1.29 is 14.3 Å². The highest BCUT2D eigenvalue weighted by Gasteiger charge is 2.12. The summed E-state index contributed by atoms with van der Waals surface area (Å²) in [5.41, 5.74) is 1.43. The van der Waals surface area contributed by atoms with Crippen molar-refractivity contribution >= 4 is 28.5 Å². The summed E-state index contributed by atoms with van der Waals surface area (Å²) >= 11 is 5.98. The number of carbonyl (C=O) groups excluding carboxylic acids is 1. The number of aromatic nitrogens is 1. The van der Waals surface area contributed by atoms with Crippen molar-refractivity contribution in [3.63, 3.8) is 0 Å². The lowest BCUT2D eigenvalue weighted by Gasteiger charge is -2.08. The molecule has 0 spiro atoms. The van der Waals surface area contributed by atoms with Crippen LogP contribution in [0.4, 0.5) is 0 Å². The van der Waals surface area contributed by atoms with Gasteiger partial charge >= 0.3 is 5.97 Å². The van der Waals surface area contributed by atoms with Gasteiger partial charge in [0.2, 0.25) is 0 Å². The summed E-state index contributed by atoms with van der Waals surface area (Å²) in [6.45, 7) is 0.404. The van der Waals surface area contributed by atoms with Crippen LogP contribution in [-0.4, -0.2) is 24.2 Å². The maximum Gasteiger partial charge on any atom is 0.340 e. The number of hydrogen-bond donors (Lipinski definition) is 1. The van der Waals surface area contributed by atoms with E-state index in [-0.39, 0.29) is 19.2 Å². The van der Waals surface area contributed by atoms with Gasteiger partial charge in [0.1, 0.15) is 19.0 Å². The van der Waals surface area contributed by atoms with Gasteiger partial charge < -0.3 is 14.5 Å². The monoisotopic (exact) mass is 315 g/mol. The number of carbonyl (C=O) groups is 1. The molecule has 22 heavy (non-hydrogen) atoms. The van der Waals surface area contributed by atoms with E-state index < -0.39 is 0 Å². The van der Waals surface area contributed by atoms with Gasteiger partial charge in [0, 0.05) is 17.1 Å². The summed E-state index contributed by atoms with van der Waals surface area (Å²) in [4.78, 5) is 15.1. The van der Waals surface area contributed by atoms with Gasteiger partial charge in [-0.25, -0.2) is 4.79 Å². The molecule has 5 heteroatoms. The fourth-order valence-electron chi connectivity index (χ4n) is 2.17. The highest BCUT2D eigenvalue weighted by molar-refractivity contribution is 6.32. The molecule has 0 saturated heterocycles. The molecule has 2 aromatic carbocycles. The molecule has 0 aliphatic heterocycles. The number of halogens is 1. The third-order valence-electron chi connectivity index (χ3n) is 3.22. The van der Waals surface area contributed by atoms with Gasteiger partial charge in [0.05, 0.1) is 10.6 Å². The van der Waals surface area contributed by atoms with Crippen LogP contribution < -0.4 is 4.74 Å². The first-order valence-corrected chi connectivity index (χ1v) is 7.24.